The maximum absolute atomic E-state index is 10.9. The minimum absolute atomic E-state index is 0.0798. The van der Waals surface area contributed by atoms with Gasteiger partial charge in [0.1, 0.15) is 0 Å². The van der Waals surface area contributed by atoms with Gasteiger partial charge in [0.15, 0.2) is 5.13 Å². The van der Waals surface area contributed by atoms with Gasteiger partial charge in [-0.1, -0.05) is 0 Å². The SMILES string of the molecule is Cc1nc(N2CCSCC2CC(=O)O)sc1C. The Morgan fingerprint density at radius 3 is 2.94 bits per heavy atom. The average Bonchev–Trinajstić information content (AvgIpc) is 2.59. The van der Waals surface area contributed by atoms with Crippen molar-refractivity contribution in [2.45, 2.75) is 26.3 Å². The van der Waals surface area contributed by atoms with Crippen LogP contribution in [0, 0.1) is 13.8 Å². The molecule has 0 saturated carbocycles. The summed E-state index contributed by atoms with van der Waals surface area (Å²) in [5.74, 6) is 1.20. The van der Waals surface area contributed by atoms with E-state index in [2.05, 4.69) is 16.8 Å². The van der Waals surface area contributed by atoms with Crippen LogP contribution in [0.1, 0.15) is 17.0 Å². The van der Waals surface area contributed by atoms with Gasteiger partial charge in [-0.05, 0) is 13.8 Å². The molecule has 0 radical (unpaired) electrons. The van der Waals surface area contributed by atoms with Crippen LogP contribution in [0.3, 0.4) is 0 Å². The first kappa shape index (κ1) is 12.7. The monoisotopic (exact) mass is 272 g/mol. The summed E-state index contributed by atoms with van der Waals surface area (Å²) in [5.41, 5.74) is 1.05. The standard InChI is InChI=1S/C11H16N2O2S2/c1-7-8(2)17-11(12-7)13-3-4-16-6-9(13)5-10(14)15/h9H,3-6H2,1-2H3,(H,14,15). The van der Waals surface area contributed by atoms with E-state index in [0.29, 0.717) is 0 Å². The number of hydrogen-bond acceptors (Lipinski definition) is 5. The second-order valence-electron chi connectivity index (χ2n) is 4.16. The van der Waals surface area contributed by atoms with E-state index in [-0.39, 0.29) is 12.5 Å². The molecule has 6 heteroatoms. The Balaban J connectivity index is 2.18. The Morgan fingerprint density at radius 2 is 2.35 bits per heavy atom. The smallest absolute Gasteiger partial charge is 0.305 e. The lowest BCUT2D eigenvalue weighted by Gasteiger charge is -2.34. The van der Waals surface area contributed by atoms with Crippen LogP contribution in [-0.2, 0) is 4.79 Å². The van der Waals surface area contributed by atoms with Crippen LogP contribution in [0.25, 0.3) is 0 Å². The lowest BCUT2D eigenvalue weighted by atomic mass is 10.2. The van der Waals surface area contributed by atoms with Gasteiger partial charge in [0.05, 0.1) is 18.2 Å². The number of anilines is 1. The van der Waals surface area contributed by atoms with Crippen molar-refractivity contribution in [3.63, 3.8) is 0 Å². The molecular weight excluding hydrogens is 256 g/mol. The van der Waals surface area contributed by atoms with E-state index in [1.807, 2.05) is 18.7 Å². The van der Waals surface area contributed by atoms with E-state index < -0.39 is 5.97 Å². The van der Waals surface area contributed by atoms with Crippen molar-refractivity contribution in [1.82, 2.24) is 4.98 Å². The molecule has 17 heavy (non-hydrogen) atoms. The molecule has 2 rings (SSSR count). The lowest BCUT2D eigenvalue weighted by molar-refractivity contribution is -0.137. The number of aromatic nitrogens is 1. The van der Waals surface area contributed by atoms with Gasteiger partial charge in [0, 0.05) is 22.9 Å². The summed E-state index contributed by atoms with van der Waals surface area (Å²) in [6.45, 7) is 4.95. The molecule has 0 aliphatic carbocycles. The average molecular weight is 272 g/mol. The molecule has 1 N–H and O–H groups in total. The molecule has 1 aromatic heterocycles. The highest BCUT2D eigenvalue weighted by Crippen LogP contribution is 2.30. The molecule has 94 valence electrons. The Kier molecular flexibility index (Phi) is 3.93. The first-order valence-electron chi connectivity index (χ1n) is 5.58. The van der Waals surface area contributed by atoms with E-state index in [9.17, 15) is 4.79 Å². The van der Waals surface area contributed by atoms with Gasteiger partial charge in [0.25, 0.3) is 0 Å². The second-order valence-corrected chi connectivity index (χ2v) is 6.49. The lowest BCUT2D eigenvalue weighted by Crippen LogP contribution is -2.43. The van der Waals surface area contributed by atoms with Gasteiger partial charge in [-0.2, -0.15) is 11.8 Å². The molecule has 1 fully saturated rings. The normalized spacial score (nSPS) is 20.6. The highest BCUT2D eigenvalue weighted by molar-refractivity contribution is 7.99. The molecule has 2 heterocycles. The first-order valence-corrected chi connectivity index (χ1v) is 7.55. The third-order valence-corrected chi connectivity index (χ3v) is 5.10. The van der Waals surface area contributed by atoms with Crippen LogP contribution in [0.4, 0.5) is 5.13 Å². The van der Waals surface area contributed by atoms with E-state index in [4.69, 9.17) is 5.11 Å². The molecule has 0 spiro atoms. The van der Waals surface area contributed by atoms with Gasteiger partial charge in [-0.25, -0.2) is 4.98 Å². The molecule has 0 aromatic carbocycles. The fraction of sp³-hybridized carbons (Fsp3) is 0.636. The van der Waals surface area contributed by atoms with Gasteiger partial charge in [0.2, 0.25) is 0 Å². The van der Waals surface area contributed by atoms with Crippen LogP contribution in [0.2, 0.25) is 0 Å². The number of nitrogens with zero attached hydrogens (tertiary/aromatic N) is 2. The van der Waals surface area contributed by atoms with Gasteiger partial charge in [-0.15, -0.1) is 11.3 Å². The van der Waals surface area contributed by atoms with Crippen molar-refractivity contribution in [2.75, 3.05) is 23.0 Å². The second kappa shape index (κ2) is 5.27. The van der Waals surface area contributed by atoms with Gasteiger partial charge < -0.3 is 10.0 Å². The van der Waals surface area contributed by atoms with E-state index in [1.54, 1.807) is 11.3 Å². The van der Waals surface area contributed by atoms with Crippen molar-refractivity contribution in [2.24, 2.45) is 0 Å². The van der Waals surface area contributed by atoms with Crippen molar-refractivity contribution in [3.8, 4) is 0 Å². The van der Waals surface area contributed by atoms with E-state index in [0.717, 1.165) is 28.9 Å². The molecule has 1 unspecified atom stereocenters. The fourth-order valence-corrected chi connectivity index (χ4v) is 3.93. The molecule has 1 saturated heterocycles. The van der Waals surface area contributed by atoms with E-state index >= 15 is 0 Å². The minimum Gasteiger partial charge on any atom is -0.481 e. The first-order chi connectivity index (χ1) is 8.08. The number of carbonyl (C=O) groups is 1. The number of rotatable bonds is 3. The molecule has 1 aromatic rings. The number of carboxylic acids is 1. The van der Waals surface area contributed by atoms with Crippen molar-refractivity contribution in [3.05, 3.63) is 10.6 Å². The van der Waals surface area contributed by atoms with Crippen LogP contribution >= 0.6 is 23.1 Å². The van der Waals surface area contributed by atoms with Gasteiger partial charge in [-0.3, -0.25) is 4.79 Å². The third kappa shape index (κ3) is 2.93. The number of carboxylic acid groups (broad SMARTS) is 1. The maximum atomic E-state index is 10.9. The largest absolute Gasteiger partial charge is 0.481 e. The summed E-state index contributed by atoms with van der Waals surface area (Å²) in [7, 11) is 0. The molecule has 1 aliphatic heterocycles. The van der Waals surface area contributed by atoms with Crippen molar-refractivity contribution in [1.29, 1.82) is 0 Å². The predicted octanol–water partition coefficient (Wildman–Crippen LogP) is 2.16. The summed E-state index contributed by atoms with van der Waals surface area (Å²) < 4.78 is 0. The number of aliphatic carboxylic acids is 1. The number of thiazole rings is 1. The topological polar surface area (TPSA) is 53.4 Å². The Hall–Kier alpha value is -0.750. The summed E-state index contributed by atoms with van der Waals surface area (Å²) in [6, 6.07) is 0.0798. The summed E-state index contributed by atoms with van der Waals surface area (Å²) in [4.78, 5) is 18.8. The third-order valence-electron chi connectivity index (χ3n) is 2.90. The molecule has 1 aliphatic rings. The highest BCUT2D eigenvalue weighted by Gasteiger charge is 2.27. The van der Waals surface area contributed by atoms with Crippen LogP contribution in [0.15, 0.2) is 0 Å². The Labute approximate surface area is 109 Å². The van der Waals surface area contributed by atoms with Crippen molar-refractivity contribution >= 4 is 34.2 Å². The van der Waals surface area contributed by atoms with Crippen LogP contribution in [0.5, 0.6) is 0 Å². The molecule has 0 amide bonds. The molecule has 4 nitrogen and oxygen atoms in total. The molecule has 0 bridgehead atoms. The zero-order valence-corrected chi connectivity index (χ0v) is 11.6. The minimum atomic E-state index is -0.729. The predicted molar refractivity (Wildman–Crippen MR) is 72.3 cm³/mol. The maximum Gasteiger partial charge on any atom is 0.305 e. The highest BCUT2D eigenvalue weighted by atomic mass is 32.2. The van der Waals surface area contributed by atoms with Gasteiger partial charge >= 0.3 is 5.97 Å². The zero-order chi connectivity index (χ0) is 12.4. The van der Waals surface area contributed by atoms with Crippen molar-refractivity contribution < 1.29 is 9.90 Å². The summed E-state index contributed by atoms with van der Waals surface area (Å²) >= 11 is 3.49. The van der Waals surface area contributed by atoms with Crippen LogP contribution in [-0.4, -0.2) is 40.2 Å². The quantitative estimate of drug-likeness (QED) is 0.914. The molecule has 1 atom stereocenters. The number of aryl methyl sites for hydroxylation is 2. The zero-order valence-electron chi connectivity index (χ0n) is 9.97. The van der Waals surface area contributed by atoms with Crippen LogP contribution < -0.4 is 4.90 Å². The molecular formula is C11H16N2O2S2. The Morgan fingerprint density at radius 1 is 1.59 bits per heavy atom. The van der Waals surface area contributed by atoms with E-state index in [1.165, 1.54) is 4.88 Å². The number of thioether (sulfide) groups is 1. The number of hydrogen-bond donors (Lipinski definition) is 1. The Bertz CT molecular complexity index is 400. The fourth-order valence-electron chi connectivity index (χ4n) is 1.86. The summed E-state index contributed by atoms with van der Waals surface area (Å²) in [5, 5.41) is 9.92. The summed E-state index contributed by atoms with van der Waals surface area (Å²) in [6.07, 6.45) is 0.199.